The molecule has 8 nitrogen and oxygen atoms in total. The van der Waals surface area contributed by atoms with E-state index in [0.717, 1.165) is 59.5 Å². The van der Waals surface area contributed by atoms with Crippen LogP contribution in [-0.2, 0) is 27.4 Å². The number of benzene rings is 3. The number of hydrogen-bond donors (Lipinski definition) is 2. The van der Waals surface area contributed by atoms with Crippen molar-refractivity contribution in [3.05, 3.63) is 125 Å². The molecule has 1 aromatic heterocycles. The molecule has 2 aliphatic rings. The number of aliphatic hydroxyl groups excluding tert-OH is 1. The minimum atomic E-state index is -0.518. The number of aromatic nitrogens is 1. The number of pyridine rings is 1. The first-order chi connectivity index (χ1) is 22.5. The van der Waals surface area contributed by atoms with E-state index < -0.39 is 6.29 Å². The van der Waals surface area contributed by atoms with Crippen LogP contribution >= 0.6 is 0 Å². The minimum absolute atomic E-state index is 0.0147. The molecule has 6 rings (SSSR count). The second kappa shape index (κ2) is 15.1. The predicted molar refractivity (Wildman–Crippen MR) is 177 cm³/mol. The lowest BCUT2D eigenvalue weighted by Crippen LogP contribution is -2.46. The maximum absolute atomic E-state index is 12.5. The number of carbonyl (C=O) groups excluding carboxylic acids is 1. The molecule has 0 unspecified atom stereocenters. The van der Waals surface area contributed by atoms with Crippen molar-refractivity contribution in [2.75, 3.05) is 26.8 Å². The highest BCUT2D eigenvalue weighted by Gasteiger charge is 2.40. The standard InChI is InChI=1S/C38H43N3O5/c1-26-35(23-41-19-5-9-34(41)25-44-2)45-38(46-36(26)30-12-10-27(24-42)11-13-30)31-16-14-29(15-17-31)32-7-3-6-28(20-32)21-40-37(43)33-8-4-18-39-22-33/h3-4,6-8,10-18,20,22,26,34-36,38,42H,5,9,19,21,23-25H2,1-2H3,(H,40,43)/t26-,34+,35+,36+,38+/m1/s1. The highest BCUT2D eigenvalue weighted by atomic mass is 16.7. The van der Waals surface area contributed by atoms with Crippen molar-refractivity contribution < 1.29 is 24.1 Å². The van der Waals surface area contributed by atoms with Crippen molar-refractivity contribution in [1.29, 1.82) is 0 Å². The van der Waals surface area contributed by atoms with Crippen LogP contribution < -0.4 is 5.32 Å². The van der Waals surface area contributed by atoms with Gasteiger partial charge in [-0.2, -0.15) is 0 Å². The van der Waals surface area contributed by atoms with Crippen LogP contribution in [-0.4, -0.2) is 59.8 Å². The molecule has 2 N–H and O–H groups in total. The van der Waals surface area contributed by atoms with Crippen LogP contribution in [0, 0.1) is 5.92 Å². The van der Waals surface area contributed by atoms with Gasteiger partial charge in [0.2, 0.25) is 0 Å². The largest absolute Gasteiger partial charge is 0.392 e. The Balaban J connectivity index is 1.18. The molecule has 8 heteroatoms. The number of hydrogen-bond acceptors (Lipinski definition) is 7. The van der Waals surface area contributed by atoms with Crippen LogP contribution in [0.15, 0.2) is 97.3 Å². The molecule has 0 spiro atoms. The Morgan fingerprint density at radius 2 is 1.78 bits per heavy atom. The van der Waals surface area contributed by atoms with Gasteiger partial charge >= 0.3 is 0 Å². The molecule has 240 valence electrons. The first-order valence-electron chi connectivity index (χ1n) is 16.1. The number of likely N-dealkylation sites (tertiary alicyclic amines) is 1. The molecule has 3 aromatic carbocycles. The Labute approximate surface area is 271 Å². The summed E-state index contributed by atoms with van der Waals surface area (Å²) >= 11 is 0. The van der Waals surface area contributed by atoms with Crippen molar-refractivity contribution in [2.45, 2.75) is 57.5 Å². The van der Waals surface area contributed by atoms with E-state index in [9.17, 15) is 9.90 Å². The summed E-state index contributed by atoms with van der Waals surface area (Å²) in [5.74, 6) is -0.0229. The first kappa shape index (κ1) is 32.0. The van der Waals surface area contributed by atoms with Crippen LogP contribution in [0.3, 0.4) is 0 Å². The molecular formula is C38H43N3O5. The second-order valence-electron chi connectivity index (χ2n) is 12.3. The Hall–Kier alpha value is -3.92. The third kappa shape index (κ3) is 7.54. The van der Waals surface area contributed by atoms with E-state index in [1.807, 2.05) is 24.3 Å². The van der Waals surface area contributed by atoms with Crippen LogP contribution in [0.1, 0.15) is 64.8 Å². The van der Waals surface area contributed by atoms with Crippen LogP contribution in [0.4, 0.5) is 0 Å². The highest BCUT2D eigenvalue weighted by Crippen LogP contribution is 2.42. The third-order valence-electron chi connectivity index (χ3n) is 9.22. The summed E-state index contributed by atoms with van der Waals surface area (Å²) in [6.45, 7) is 5.24. The maximum Gasteiger partial charge on any atom is 0.253 e. The van der Waals surface area contributed by atoms with Gasteiger partial charge in [-0.25, -0.2) is 0 Å². The van der Waals surface area contributed by atoms with Crippen LogP contribution in [0.25, 0.3) is 11.1 Å². The van der Waals surface area contributed by atoms with Crippen molar-refractivity contribution >= 4 is 5.91 Å². The SMILES string of the molecule is COC[C@@H]1CCCN1C[C@@H]1O[C@H](c2ccc(-c3cccc(CNC(=O)c4cccnc4)c3)cc2)O[C@H](c2ccc(CO)cc2)[C@@H]1C. The van der Waals surface area contributed by atoms with Gasteiger partial charge in [0.25, 0.3) is 5.91 Å². The zero-order chi connectivity index (χ0) is 31.9. The Bertz CT molecular complexity index is 1560. The van der Waals surface area contributed by atoms with Gasteiger partial charge in [0.15, 0.2) is 6.29 Å². The Kier molecular flexibility index (Phi) is 10.5. The van der Waals surface area contributed by atoms with E-state index in [0.29, 0.717) is 18.2 Å². The van der Waals surface area contributed by atoms with Crippen LogP contribution in [0.5, 0.6) is 0 Å². The smallest absolute Gasteiger partial charge is 0.253 e. The topological polar surface area (TPSA) is 93.2 Å². The lowest BCUT2D eigenvalue weighted by atomic mass is 9.89. The number of methoxy groups -OCH3 is 1. The summed E-state index contributed by atoms with van der Waals surface area (Å²) in [6, 6.07) is 28.5. The average Bonchev–Trinajstić information content (AvgIpc) is 3.55. The fraction of sp³-hybridized carbons (Fsp3) is 0.368. The number of nitrogens with one attached hydrogen (secondary N) is 1. The summed E-state index contributed by atoms with van der Waals surface area (Å²) < 4.78 is 19.0. The molecule has 2 saturated heterocycles. The maximum atomic E-state index is 12.5. The van der Waals surface area contributed by atoms with Crippen molar-refractivity contribution in [3.8, 4) is 11.1 Å². The van der Waals surface area contributed by atoms with E-state index in [4.69, 9.17) is 14.2 Å². The highest BCUT2D eigenvalue weighted by molar-refractivity contribution is 5.93. The van der Waals surface area contributed by atoms with E-state index in [-0.39, 0.29) is 30.6 Å². The molecular weight excluding hydrogens is 578 g/mol. The molecule has 4 aromatic rings. The molecule has 5 atom stereocenters. The summed E-state index contributed by atoms with van der Waals surface area (Å²) in [7, 11) is 1.77. The van der Waals surface area contributed by atoms with Gasteiger partial charge in [-0.15, -0.1) is 0 Å². The zero-order valence-electron chi connectivity index (χ0n) is 26.5. The molecule has 2 fully saturated rings. The molecule has 2 aliphatic heterocycles. The van der Waals surface area contributed by atoms with E-state index in [1.165, 1.54) is 6.42 Å². The zero-order valence-corrected chi connectivity index (χ0v) is 26.5. The van der Waals surface area contributed by atoms with Gasteiger partial charge in [-0.3, -0.25) is 14.7 Å². The van der Waals surface area contributed by atoms with E-state index in [1.54, 1.807) is 31.6 Å². The number of rotatable bonds is 11. The monoisotopic (exact) mass is 621 g/mol. The van der Waals surface area contributed by atoms with Gasteiger partial charge < -0.3 is 24.6 Å². The molecule has 46 heavy (non-hydrogen) atoms. The predicted octanol–water partition coefficient (Wildman–Crippen LogP) is 6.07. The van der Waals surface area contributed by atoms with E-state index in [2.05, 4.69) is 70.7 Å². The number of carbonyl (C=O) groups is 1. The van der Waals surface area contributed by atoms with Crippen molar-refractivity contribution in [3.63, 3.8) is 0 Å². The number of nitrogens with zero attached hydrogens (tertiary/aromatic N) is 2. The lowest BCUT2D eigenvalue weighted by molar-refractivity contribution is -0.276. The number of ether oxygens (including phenoxy) is 3. The molecule has 0 bridgehead atoms. The number of aliphatic hydroxyl groups is 1. The quantitative estimate of drug-likeness (QED) is 0.210. The molecule has 0 aliphatic carbocycles. The fourth-order valence-corrected chi connectivity index (χ4v) is 6.55. The van der Waals surface area contributed by atoms with Gasteiger partial charge in [0.05, 0.1) is 31.0 Å². The normalized spacial score (nSPS) is 23.3. The van der Waals surface area contributed by atoms with Gasteiger partial charge in [-0.05, 0) is 65.4 Å². The Morgan fingerprint density at radius 1 is 0.978 bits per heavy atom. The fourth-order valence-electron chi connectivity index (χ4n) is 6.55. The van der Waals surface area contributed by atoms with Gasteiger partial charge in [0.1, 0.15) is 0 Å². The van der Waals surface area contributed by atoms with E-state index >= 15 is 0 Å². The Morgan fingerprint density at radius 3 is 2.52 bits per heavy atom. The summed E-state index contributed by atoms with van der Waals surface area (Å²) in [5, 5.41) is 12.6. The van der Waals surface area contributed by atoms with Gasteiger partial charge in [0, 0.05) is 50.1 Å². The summed E-state index contributed by atoms with van der Waals surface area (Å²) in [5.41, 5.74) is 6.62. The third-order valence-corrected chi connectivity index (χ3v) is 9.22. The number of amides is 1. The lowest BCUT2D eigenvalue weighted by Gasteiger charge is -2.43. The molecule has 0 saturated carbocycles. The molecule has 3 heterocycles. The second-order valence-corrected chi connectivity index (χ2v) is 12.3. The van der Waals surface area contributed by atoms with Gasteiger partial charge in [-0.1, -0.05) is 73.7 Å². The van der Waals surface area contributed by atoms with Crippen LogP contribution in [0.2, 0.25) is 0 Å². The molecule has 0 radical (unpaired) electrons. The summed E-state index contributed by atoms with van der Waals surface area (Å²) in [4.78, 5) is 19.0. The average molecular weight is 622 g/mol. The summed E-state index contributed by atoms with van der Waals surface area (Å²) in [6.07, 6.45) is 4.82. The van der Waals surface area contributed by atoms with Crippen molar-refractivity contribution in [2.24, 2.45) is 5.92 Å². The first-order valence-corrected chi connectivity index (χ1v) is 16.1. The minimum Gasteiger partial charge on any atom is -0.392 e. The molecule has 1 amide bonds. The van der Waals surface area contributed by atoms with Crippen molar-refractivity contribution in [1.82, 2.24) is 15.2 Å².